The Balaban J connectivity index is 1.80. The van der Waals surface area contributed by atoms with Crippen molar-refractivity contribution in [3.8, 4) is 0 Å². The predicted molar refractivity (Wildman–Crippen MR) is 77.8 cm³/mol. The van der Waals surface area contributed by atoms with Gasteiger partial charge in [0, 0.05) is 17.6 Å². The number of nitrogens with zero attached hydrogens (tertiary/aromatic N) is 3. The molecule has 2 unspecified atom stereocenters. The number of hydrogen-bond acceptors (Lipinski definition) is 3. The van der Waals surface area contributed by atoms with Gasteiger partial charge in [0.25, 0.3) is 0 Å². The number of benzene rings is 1. The molecule has 0 aliphatic heterocycles. The van der Waals surface area contributed by atoms with Gasteiger partial charge in [0.15, 0.2) is 0 Å². The molecule has 0 saturated carbocycles. The zero-order chi connectivity index (χ0) is 13.4. The van der Waals surface area contributed by atoms with Crippen molar-refractivity contribution >= 4 is 15.9 Å². The van der Waals surface area contributed by atoms with Crippen LogP contribution in [0.5, 0.6) is 0 Å². The van der Waals surface area contributed by atoms with Crippen LogP contribution in [0.3, 0.4) is 0 Å². The van der Waals surface area contributed by atoms with E-state index in [-0.39, 0.29) is 6.04 Å². The highest BCUT2D eigenvalue weighted by molar-refractivity contribution is 9.10. The van der Waals surface area contributed by atoms with Gasteiger partial charge in [-0.3, -0.25) is 0 Å². The maximum absolute atomic E-state index is 4.17. The number of aryl methyl sites for hydroxylation is 1. The molecule has 0 saturated heterocycles. The number of aromatic nitrogens is 3. The van der Waals surface area contributed by atoms with Crippen molar-refractivity contribution in [1.29, 1.82) is 0 Å². The van der Waals surface area contributed by atoms with Gasteiger partial charge in [0.1, 0.15) is 12.2 Å². The van der Waals surface area contributed by atoms with Gasteiger partial charge in [-0.15, -0.1) is 10.2 Å². The fourth-order valence-electron chi connectivity index (χ4n) is 2.84. The summed E-state index contributed by atoms with van der Waals surface area (Å²) in [5.74, 6) is 0.975. The van der Waals surface area contributed by atoms with E-state index in [9.17, 15) is 0 Å². The molecule has 0 amide bonds. The van der Waals surface area contributed by atoms with Crippen LogP contribution in [-0.2, 0) is 13.5 Å². The minimum atomic E-state index is 0.197. The van der Waals surface area contributed by atoms with E-state index in [1.54, 1.807) is 6.33 Å². The molecule has 0 fully saturated rings. The van der Waals surface area contributed by atoms with Gasteiger partial charge in [-0.05, 0) is 37.0 Å². The standard InChI is InChI=1S/C14H17BrN4/c1-9(14-18-16-8-19(14)2)17-13-7-6-10-11(13)4-3-5-12(10)15/h3-5,8-9,13,17H,6-7H2,1-2H3. The zero-order valence-electron chi connectivity index (χ0n) is 11.1. The minimum Gasteiger partial charge on any atom is -0.319 e. The summed E-state index contributed by atoms with van der Waals surface area (Å²) in [6, 6.07) is 7.04. The molecule has 2 aromatic rings. The van der Waals surface area contributed by atoms with Gasteiger partial charge >= 0.3 is 0 Å². The summed E-state index contributed by atoms with van der Waals surface area (Å²) < 4.78 is 3.19. The van der Waals surface area contributed by atoms with Crippen LogP contribution in [0.1, 0.15) is 42.4 Å². The van der Waals surface area contributed by atoms with Crippen molar-refractivity contribution in [2.24, 2.45) is 7.05 Å². The number of rotatable bonds is 3. The number of halogens is 1. The molecular weight excluding hydrogens is 304 g/mol. The molecule has 100 valence electrons. The van der Waals surface area contributed by atoms with E-state index < -0.39 is 0 Å². The highest BCUT2D eigenvalue weighted by Crippen LogP contribution is 2.36. The Labute approximate surface area is 121 Å². The topological polar surface area (TPSA) is 42.7 Å². The average Bonchev–Trinajstić information content (AvgIpc) is 2.97. The summed E-state index contributed by atoms with van der Waals surface area (Å²) in [7, 11) is 1.98. The van der Waals surface area contributed by atoms with Crippen molar-refractivity contribution in [3.63, 3.8) is 0 Å². The first-order valence-electron chi connectivity index (χ1n) is 6.54. The van der Waals surface area contributed by atoms with E-state index in [0.717, 1.165) is 18.7 Å². The normalized spacial score (nSPS) is 19.4. The third-order valence-electron chi connectivity index (χ3n) is 3.80. The Bertz CT molecular complexity index is 593. The molecule has 0 bridgehead atoms. The van der Waals surface area contributed by atoms with Gasteiger partial charge in [0.2, 0.25) is 0 Å². The summed E-state index contributed by atoms with van der Waals surface area (Å²) in [5, 5.41) is 11.8. The van der Waals surface area contributed by atoms with Crippen molar-refractivity contribution in [1.82, 2.24) is 20.1 Å². The first kappa shape index (κ1) is 12.8. The Kier molecular flexibility index (Phi) is 3.41. The van der Waals surface area contributed by atoms with E-state index in [2.05, 4.69) is 56.6 Å². The summed E-state index contributed by atoms with van der Waals surface area (Å²) >= 11 is 3.64. The second-order valence-corrected chi connectivity index (χ2v) is 5.94. The fourth-order valence-corrected chi connectivity index (χ4v) is 3.42. The van der Waals surface area contributed by atoms with Gasteiger partial charge < -0.3 is 9.88 Å². The second-order valence-electron chi connectivity index (χ2n) is 5.09. The van der Waals surface area contributed by atoms with E-state index in [4.69, 9.17) is 0 Å². The van der Waals surface area contributed by atoms with E-state index in [1.807, 2.05) is 11.6 Å². The molecule has 3 rings (SSSR count). The van der Waals surface area contributed by atoms with Crippen molar-refractivity contribution in [2.45, 2.75) is 31.8 Å². The first-order chi connectivity index (χ1) is 9.16. The van der Waals surface area contributed by atoms with Gasteiger partial charge in [0.05, 0.1) is 6.04 Å². The summed E-state index contributed by atoms with van der Waals surface area (Å²) in [6.07, 6.45) is 4.01. The lowest BCUT2D eigenvalue weighted by molar-refractivity contribution is 0.442. The van der Waals surface area contributed by atoms with Crippen LogP contribution in [0, 0.1) is 0 Å². The highest BCUT2D eigenvalue weighted by Gasteiger charge is 2.26. The Morgan fingerprint density at radius 2 is 2.32 bits per heavy atom. The van der Waals surface area contributed by atoms with Crippen molar-refractivity contribution in [3.05, 3.63) is 46.0 Å². The smallest absolute Gasteiger partial charge is 0.149 e. The molecule has 1 aromatic heterocycles. The van der Waals surface area contributed by atoms with Gasteiger partial charge in [-0.1, -0.05) is 28.1 Å². The van der Waals surface area contributed by atoms with Crippen molar-refractivity contribution in [2.75, 3.05) is 0 Å². The largest absolute Gasteiger partial charge is 0.319 e. The monoisotopic (exact) mass is 320 g/mol. The van der Waals surface area contributed by atoms with E-state index in [0.29, 0.717) is 6.04 Å². The third kappa shape index (κ3) is 2.32. The van der Waals surface area contributed by atoms with E-state index >= 15 is 0 Å². The molecule has 0 radical (unpaired) electrons. The fraction of sp³-hybridized carbons (Fsp3) is 0.429. The molecule has 1 heterocycles. The third-order valence-corrected chi connectivity index (χ3v) is 4.54. The Morgan fingerprint density at radius 1 is 1.47 bits per heavy atom. The summed E-state index contributed by atoms with van der Waals surface area (Å²) in [6.45, 7) is 2.14. The molecule has 2 atom stereocenters. The lowest BCUT2D eigenvalue weighted by Crippen LogP contribution is -2.25. The average molecular weight is 321 g/mol. The minimum absolute atomic E-state index is 0.197. The molecule has 1 N–H and O–H groups in total. The molecule has 5 heteroatoms. The van der Waals surface area contributed by atoms with Crippen LogP contribution >= 0.6 is 15.9 Å². The number of hydrogen-bond donors (Lipinski definition) is 1. The maximum Gasteiger partial charge on any atom is 0.149 e. The molecule has 19 heavy (non-hydrogen) atoms. The SMILES string of the molecule is CC(NC1CCc2c(Br)cccc21)c1nncn1C. The maximum atomic E-state index is 4.17. The van der Waals surface area contributed by atoms with Crippen LogP contribution < -0.4 is 5.32 Å². The Morgan fingerprint density at radius 3 is 3.05 bits per heavy atom. The second kappa shape index (κ2) is 5.06. The lowest BCUT2D eigenvalue weighted by Gasteiger charge is -2.19. The van der Waals surface area contributed by atoms with Gasteiger partial charge in [-0.2, -0.15) is 0 Å². The van der Waals surface area contributed by atoms with E-state index in [1.165, 1.54) is 15.6 Å². The Hall–Kier alpha value is -1.20. The van der Waals surface area contributed by atoms with Crippen LogP contribution in [0.2, 0.25) is 0 Å². The van der Waals surface area contributed by atoms with Crippen LogP contribution in [-0.4, -0.2) is 14.8 Å². The van der Waals surface area contributed by atoms with Crippen molar-refractivity contribution < 1.29 is 0 Å². The highest BCUT2D eigenvalue weighted by atomic mass is 79.9. The zero-order valence-corrected chi connectivity index (χ0v) is 12.7. The predicted octanol–water partition coefficient (Wildman–Crippen LogP) is 2.92. The molecule has 1 aromatic carbocycles. The molecule has 4 nitrogen and oxygen atoms in total. The first-order valence-corrected chi connectivity index (χ1v) is 7.33. The number of fused-ring (bicyclic) bond motifs is 1. The quantitative estimate of drug-likeness (QED) is 0.945. The summed E-state index contributed by atoms with van der Waals surface area (Å²) in [5.41, 5.74) is 2.84. The van der Waals surface area contributed by atoms with Crippen LogP contribution in [0.15, 0.2) is 29.0 Å². The van der Waals surface area contributed by atoms with Crippen LogP contribution in [0.4, 0.5) is 0 Å². The molecule has 1 aliphatic carbocycles. The molecule has 1 aliphatic rings. The number of nitrogens with one attached hydrogen (secondary N) is 1. The van der Waals surface area contributed by atoms with Gasteiger partial charge in [-0.25, -0.2) is 0 Å². The summed E-state index contributed by atoms with van der Waals surface area (Å²) in [4.78, 5) is 0. The lowest BCUT2D eigenvalue weighted by atomic mass is 10.1. The molecule has 0 spiro atoms. The van der Waals surface area contributed by atoms with Crippen LogP contribution in [0.25, 0.3) is 0 Å². The molecular formula is C14H17BrN4.